The van der Waals surface area contributed by atoms with Crippen LogP contribution in [0.2, 0.25) is 0 Å². The van der Waals surface area contributed by atoms with E-state index >= 15 is 0 Å². The number of hydrazone groups is 1. The molecule has 2 N–H and O–H groups in total. The van der Waals surface area contributed by atoms with Crippen molar-refractivity contribution in [3.05, 3.63) is 71.3 Å². The third-order valence-corrected chi connectivity index (χ3v) is 6.09. The zero-order valence-corrected chi connectivity index (χ0v) is 19.2. The topological polar surface area (TPSA) is 61.7 Å². The fourth-order valence-electron chi connectivity index (χ4n) is 2.53. The predicted molar refractivity (Wildman–Crippen MR) is 125 cm³/mol. The number of carbonyl (C=O) groups is 1. The molecule has 26 heavy (non-hydrogen) atoms. The smallest absolute Gasteiger partial charge is 0.244 e. The largest absolute Gasteiger partial charge is 0.506 e. The van der Waals surface area contributed by atoms with Gasteiger partial charge in [-0.05, 0) is 85.3 Å². The number of phenols is 1. The van der Waals surface area contributed by atoms with Gasteiger partial charge in [-0.3, -0.25) is 4.79 Å². The Kier molecular flexibility index (Phi) is 6.51. The van der Waals surface area contributed by atoms with Crippen LogP contribution in [0.1, 0.15) is 11.1 Å². The number of nitrogens with one attached hydrogen (secondary N) is 1. The van der Waals surface area contributed by atoms with Crippen LogP contribution in [0.3, 0.4) is 0 Å². The fraction of sp³-hybridized carbons (Fsp3) is 0.0526. The molecule has 0 saturated heterocycles. The maximum atomic E-state index is 12.2. The predicted octanol–water partition coefficient (Wildman–Crippen LogP) is 5.21. The van der Waals surface area contributed by atoms with E-state index in [1.165, 1.54) is 0 Å². The zero-order chi connectivity index (χ0) is 18.7. The first-order valence-electron chi connectivity index (χ1n) is 7.61. The molecule has 0 aliphatic rings. The average Bonchev–Trinajstić information content (AvgIpc) is 2.62. The number of phenolic OH excluding ortho intramolecular Hbond substituents is 1. The lowest BCUT2D eigenvalue weighted by Gasteiger charge is -2.07. The summed E-state index contributed by atoms with van der Waals surface area (Å²) in [6.45, 7) is 0. The van der Waals surface area contributed by atoms with Crippen LogP contribution in [0.5, 0.6) is 5.75 Å². The molecule has 0 saturated carbocycles. The molecule has 0 aliphatic heterocycles. The maximum Gasteiger partial charge on any atom is 0.244 e. The molecule has 3 aromatic carbocycles. The quantitative estimate of drug-likeness (QED) is 0.235. The number of fused-ring (bicyclic) bond motifs is 1. The van der Waals surface area contributed by atoms with E-state index in [0.717, 1.165) is 33.5 Å². The van der Waals surface area contributed by atoms with Crippen molar-refractivity contribution >= 4 is 84.0 Å². The summed E-state index contributed by atoms with van der Waals surface area (Å²) < 4.78 is 2.49. The molecule has 3 rings (SSSR count). The van der Waals surface area contributed by atoms with Gasteiger partial charge in [0.15, 0.2) is 0 Å². The van der Waals surface area contributed by atoms with Gasteiger partial charge in [0.2, 0.25) is 5.91 Å². The Bertz CT molecular complexity index is 999. The van der Waals surface area contributed by atoms with E-state index in [4.69, 9.17) is 0 Å². The number of hydrogen-bond acceptors (Lipinski definition) is 3. The molecule has 0 atom stereocenters. The maximum absolute atomic E-state index is 12.2. The average molecular weight is 635 g/mol. The number of nitrogens with zero attached hydrogens (tertiary/aromatic N) is 1. The standard InChI is InChI=1S/C19H13BrI2N2O2/c20-15-6-5-12(13-3-1-2-4-14(13)15)9-18(25)24-23-10-11-7-16(21)19(26)17(22)8-11/h1-8,10,26H,9H2,(H,24,25). The van der Waals surface area contributed by atoms with E-state index in [1.54, 1.807) is 18.3 Å². The van der Waals surface area contributed by atoms with E-state index in [9.17, 15) is 9.90 Å². The lowest BCUT2D eigenvalue weighted by Crippen LogP contribution is -2.20. The molecule has 4 nitrogen and oxygen atoms in total. The first-order chi connectivity index (χ1) is 12.5. The van der Waals surface area contributed by atoms with E-state index in [-0.39, 0.29) is 18.1 Å². The minimum absolute atomic E-state index is 0.183. The SMILES string of the molecule is O=C(Cc1ccc(Br)c2ccccc12)NN=Cc1cc(I)c(O)c(I)c1. The van der Waals surface area contributed by atoms with Gasteiger partial charge in [-0.1, -0.05) is 46.3 Å². The van der Waals surface area contributed by atoms with Crippen molar-refractivity contribution in [1.29, 1.82) is 0 Å². The second kappa shape index (κ2) is 8.66. The van der Waals surface area contributed by atoms with Crippen molar-refractivity contribution in [2.45, 2.75) is 6.42 Å². The van der Waals surface area contributed by atoms with Gasteiger partial charge in [-0.15, -0.1) is 0 Å². The molecule has 1 amide bonds. The van der Waals surface area contributed by atoms with Gasteiger partial charge in [0.05, 0.1) is 19.8 Å². The molecule has 3 aromatic rings. The number of rotatable bonds is 4. The summed E-state index contributed by atoms with van der Waals surface area (Å²) in [5, 5.41) is 15.9. The fourth-order valence-corrected chi connectivity index (χ4v) is 4.82. The molecule has 0 bridgehead atoms. The van der Waals surface area contributed by atoms with Crippen molar-refractivity contribution in [2.75, 3.05) is 0 Å². The summed E-state index contributed by atoms with van der Waals surface area (Å²) in [6, 6.07) is 15.5. The molecule has 0 radical (unpaired) electrons. The molecule has 7 heteroatoms. The van der Waals surface area contributed by atoms with Gasteiger partial charge in [0.1, 0.15) is 5.75 Å². The summed E-state index contributed by atoms with van der Waals surface area (Å²) in [4.78, 5) is 12.2. The Morgan fingerprint density at radius 3 is 2.46 bits per heavy atom. The second-order valence-electron chi connectivity index (χ2n) is 5.56. The van der Waals surface area contributed by atoms with Crippen molar-refractivity contribution in [3.8, 4) is 5.75 Å². The Morgan fingerprint density at radius 2 is 1.77 bits per heavy atom. The molecule has 0 fully saturated rings. The summed E-state index contributed by atoms with van der Waals surface area (Å²) in [6.07, 6.45) is 1.82. The minimum Gasteiger partial charge on any atom is -0.506 e. The summed E-state index contributed by atoms with van der Waals surface area (Å²) >= 11 is 7.66. The number of carbonyl (C=O) groups excluding carboxylic acids is 1. The van der Waals surface area contributed by atoms with Crippen LogP contribution in [0.25, 0.3) is 10.8 Å². The molecule has 0 spiro atoms. The normalized spacial score (nSPS) is 11.2. The zero-order valence-electron chi connectivity index (χ0n) is 13.3. The number of halogens is 3. The highest BCUT2D eigenvalue weighted by atomic mass is 127. The summed E-state index contributed by atoms with van der Waals surface area (Å²) in [7, 11) is 0. The molecule has 0 heterocycles. The molecule has 0 aliphatic carbocycles. The van der Waals surface area contributed by atoms with Gasteiger partial charge in [-0.25, -0.2) is 5.43 Å². The van der Waals surface area contributed by atoms with Gasteiger partial charge in [-0.2, -0.15) is 5.10 Å². The van der Waals surface area contributed by atoms with E-state index in [2.05, 4.69) is 71.6 Å². The van der Waals surface area contributed by atoms with Gasteiger partial charge in [0, 0.05) is 4.47 Å². The van der Waals surface area contributed by atoms with E-state index < -0.39 is 0 Å². The Balaban J connectivity index is 1.71. The Morgan fingerprint density at radius 1 is 1.12 bits per heavy atom. The highest BCUT2D eigenvalue weighted by molar-refractivity contribution is 14.1. The van der Waals surface area contributed by atoms with Crippen LogP contribution in [0.4, 0.5) is 0 Å². The van der Waals surface area contributed by atoms with Crippen LogP contribution >= 0.6 is 61.1 Å². The monoisotopic (exact) mass is 634 g/mol. The molecule has 132 valence electrons. The van der Waals surface area contributed by atoms with Crippen LogP contribution in [-0.2, 0) is 11.2 Å². The van der Waals surface area contributed by atoms with E-state index in [0.29, 0.717) is 0 Å². The Labute approximate surface area is 186 Å². The second-order valence-corrected chi connectivity index (χ2v) is 8.73. The third-order valence-electron chi connectivity index (χ3n) is 3.75. The number of aromatic hydroxyl groups is 1. The van der Waals surface area contributed by atoms with Gasteiger partial charge >= 0.3 is 0 Å². The highest BCUT2D eigenvalue weighted by Gasteiger charge is 2.08. The molecular weight excluding hydrogens is 622 g/mol. The number of amides is 1. The lowest BCUT2D eigenvalue weighted by atomic mass is 10.0. The molecule has 0 unspecified atom stereocenters. The molecule has 0 aromatic heterocycles. The minimum atomic E-state index is -0.183. The van der Waals surface area contributed by atoms with Crippen LogP contribution in [0.15, 0.2) is 58.1 Å². The van der Waals surface area contributed by atoms with Gasteiger partial charge < -0.3 is 5.11 Å². The van der Waals surface area contributed by atoms with Crippen molar-refractivity contribution < 1.29 is 9.90 Å². The number of benzene rings is 3. The highest BCUT2D eigenvalue weighted by Crippen LogP contribution is 2.28. The summed E-state index contributed by atoms with van der Waals surface area (Å²) in [5.41, 5.74) is 4.32. The first kappa shape index (κ1) is 19.6. The summed E-state index contributed by atoms with van der Waals surface area (Å²) in [5.74, 6) is 0.0754. The lowest BCUT2D eigenvalue weighted by molar-refractivity contribution is -0.120. The Hall–Kier alpha value is -1.20. The third kappa shape index (κ3) is 4.55. The van der Waals surface area contributed by atoms with Crippen LogP contribution in [-0.4, -0.2) is 17.2 Å². The van der Waals surface area contributed by atoms with Crippen molar-refractivity contribution in [2.24, 2.45) is 5.10 Å². The van der Waals surface area contributed by atoms with Gasteiger partial charge in [0.25, 0.3) is 0 Å². The molecular formula is C19H13BrI2N2O2. The van der Waals surface area contributed by atoms with Crippen LogP contribution < -0.4 is 5.43 Å². The number of hydrogen-bond donors (Lipinski definition) is 2. The van der Waals surface area contributed by atoms with Crippen LogP contribution in [0, 0.1) is 7.14 Å². The van der Waals surface area contributed by atoms with Crippen molar-refractivity contribution in [1.82, 2.24) is 5.43 Å². The first-order valence-corrected chi connectivity index (χ1v) is 10.6. The van der Waals surface area contributed by atoms with Crippen molar-refractivity contribution in [3.63, 3.8) is 0 Å². The van der Waals surface area contributed by atoms with E-state index in [1.807, 2.05) is 36.4 Å².